The molecule has 1 N–H and O–H groups in total. The quantitative estimate of drug-likeness (QED) is 0.806. The van der Waals surface area contributed by atoms with Crippen molar-refractivity contribution in [1.29, 1.82) is 0 Å². The predicted octanol–water partition coefficient (Wildman–Crippen LogP) is 1.36. The third-order valence-electron chi connectivity index (χ3n) is 2.91. The lowest BCUT2D eigenvalue weighted by molar-refractivity contribution is -0.188. The molecule has 4 nitrogen and oxygen atoms in total. The molecule has 1 heterocycles. The van der Waals surface area contributed by atoms with E-state index in [1.165, 1.54) is 12.0 Å². The minimum Gasteiger partial charge on any atom is -0.481 e. The molecular formula is C10H16F3NO3. The van der Waals surface area contributed by atoms with Crippen LogP contribution in [0.15, 0.2) is 0 Å². The molecule has 100 valence electrons. The molecule has 0 bridgehead atoms. The number of hydrogen-bond donors (Lipinski definition) is 1. The lowest BCUT2D eigenvalue weighted by Gasteiger charge is -2.28. The minimum atomic E-state index is -4.50. The summed E-state index contributed by atoms with van der Waals surface area (Å²) in [7, 11) is 1.50. The average Bonchev–Trinajstić information content (AvgIpc) is 2.61. The zero-order chi connectivity index (χ0) is 13.1. The fourth-order valence-corrected chi connectivity index (χ4v) is 2.13. The molecule has 7 heteroatoms. The second kappa shape index (κ2) is 5.68. The van der Waals surface area contributed by atoms with Crippen LogP contribution >= 0.6 is 0 Å². The van der Waals surface area contributed by atoms with Crippen LogP contribution in [0.2, 0.25) is 0 Å². The highest BCUT2D eigenvalue weighted by molar-refractivity contribution is 5.67. The largest absolute Gasteiger partial charge is 0.481 e. The summed E-state index contributed by atoms with van der Waals surface area (Å²) in [5.74, 6) is -1.37. The lowest BCUT2D eigenvalue weighted by Crippen LogP contribution is -2.46. The average molecular weight is 255 g/mol. The zero-order valence-electron chi connectivity index (χ0n) is 9.54. The maximum Gasteiger partial charge on any atom is 0.404 e. The summed E-state index contributed by atoms with van der Waals surface area (Å²) in [6.45, 7) is 0.922. The van der Waals surface area contributed by atoms with Gasteiger partial charge in [-0.15, -0.1) is 0 Å². The number of carboxylic acids is 1. The van der Waals surface area contributed by atoms with Gasteiger partial charge >= 0.3 is 12.1 Å². The normalized spacial score (nSPS) is 23.9. The molecule has 2 unspecified atom stereocenters. The van der Waals surface area contributed by atoms with Crippen LogP contribution in [0.1, 0.15) is 12.8 Å². The van der Waals surface area contributed by atoms with Crippen LogP contribution in [0.4, 0.5) is 13.2 Å². The second-order valence-electron chi connectivity index (χ2n) is 4.26. The summed E-state index contributed by atoms with van der Waals surface area (Å²) in [6, 6.07) is -1.89. The van der Waals surface area contributed by atoms with Crippen molar-refractivity contribution in [3.63, 3.8) is 0 Å². The molecule has 1 saturated heterocycles. The molecule has 0 aromatic carbocycles. The smallest absolute Gasteiger partial charge is 0.404 e. The Labute approximate surface area is 97.3 Å². The van der Waals surface area contributed by atoms with Gasteiger partial charge in [-0.1, -0.05) is 0 Å². The van der Waals surface area contributed by atoms with Gasteiger partial charge in [0.1, 0.15) is 6.04 Å². The molecule has 0 saturated carbocycles. The van der Waals surface area contributed by atoms with Crippen molar-refractivity contribution >= 4 is 5.97 Å². The number of halogens is 3. The zero-order valence-corrected chi connectivity index (χ0v) is 9.54. The number of likely N-dealkylation sites (tertiary alicyclic amines) is 1. The van der Waals surface area contributed by atoms with E-state index >= 15 is 0 Å². The molecule has 1 aliphatic heterocycles. The predicted molar refractivity (Wildman–Crippen MR) is 53.7 cm³/mol. The van der Waals surface area contributed by atoms with E-state index in [2.05, 4.69) is 0 Å². The SMILES string of the molecule is COCC1CCN(C(CC(=O)O)C(F)(F)F)C1. The Balaban J connectivity index is 2.63. The van der Waals surface area contributed by atoms with Gasteiger partial charge in [0.25, 0.3) is 0 Å². The Kier molecular flexibility index (Phi) is 4.76. The Bertz CT molecular complexity index is 270. The number of hydrogen-bond acceptors (Lipinski definition) is 3. The van der Waals surface area contributed by atoms with Crippen LogP contribution in [-0.2, 0) is 9.53 Å². The van der Waals surface area contributed by atoms with E-state index in [9.17, 15) is 18.0 Å². The van der Waals surface area contributed by atoms with Crippen LogP contribution in [0, 0.1) is 5.92 Å². The number of ether oxygens (including phenoxy) is 1. The Hall–Kier alpha value is -0.820. The van der Waals surface area contributed by atoms with Crippen molar-refractivity contribution in [1.82, 2.24) is 4.90 Å². The fraction of sp³-hybridized carbons (Fsp3) is 0.900. The van der Waals surface area contributed by atoms with Gasteiger partial charge in [-0.2, -0.15) is 13.2 Å². The summed E-state index contributed by atoms with van der Waals surface area (Å²) in [4.78, 5) is 11.7. The van der Waals surface area contributed by atoms with Crippen LogP contribution in [0.5, 0.6) is 0 Å². The third-order valence-corrected chi connectivity index (χ3v) is 2.91. The number of carboxylic acid groups (broad SMARTS) is 1. The first-order valence-electron chi connectivity index (χ1n) is 5.36. The van der Waals surface area contributed by atoms with Crippen molar-refractivity contribution in [2.45, 2.75) is 25.1 Å². The summed E-state index contributed by atoms with van der Waals surface area (Å²) in [6.07, 6.45) is -4.79. The molecule has 2 atom stereocenters. The van der Waals surface area contributed by atoms with Crippen LogP contribution < -0.4 is 0 Å². The van der Waals surface area contributed by atoms with Crippen LogP contribution in [0.3, 0.4) is 0 Å². The molecule has 0 amide bonds. The van der Waals surface area contributed by atoms with Gasteiger partial charge in [-0.25, -0.2) is 0 Å². The number of nitrogens with zero attached hydrogens (tertiary/aromatic N) is 1. The molecule has 1 fully saturated rings. The number of aliphatic carboxylic acids is 1. The summed E-state index contributed by atoms with van der Waals surface area (Å²) in [5, 5.41) is 8.53. The first-order chi connectivity index (χ1) is 7.84. The molecule has 1 aliphatic rings. The topological polar surface area (TPSA) is 49.8 Å². The van der Waals surface area contributed by atoms with E-state index < -0.39 is 24.6 Å². The molecule has 0 aromatic rings. The maximum atomic E-state index is 12.7. The lowest BCUT2D eigenvalue weighted by atomic mass is 10.1. The van der Waals surface area contributed by atoms with Gasteiger partial charge in [0, 0.05) is 13.7 Å². The van der Waals surface area contributed by atoms with E-state index in [0.29, 0.717) is 13.0 Å². The van der Waals surface area contributed by atoms with Crippen molar-refractivity contribution < 1.29 is 27.8 Å². The van der Waals surface area contributed by atoms with Crippen molar-refractivity contribution in [3.05, 3.63) is 0 Å². The van der Waals surface area contributed by atoms with Gasteiger partial charge in [0.2, 0.25) is 0 Å². The van der Waals surface area contributed by atoms with Gasteiger partial charge < -0.3 is 9.84 Å². The van der Waals surface area contributed by atoms with Crippen molar-refractivity contribution in [2.24, 2.45) is 5.92 Å². The maximum absolute atomic E-state index is 12.7. The van der Waals surface area contributed by atoms with Crippen molar-refractivity contribution in [2.75, 3.05) is 26.8 Å². The highest BCUT2D eigenvalue weighted by Gasteiger charge is 2.46. The van der Waals surface area contributed by atoms with Crippen LogP contribution in [-0.4, -0.2) is 55.0 Å². The molecule has 0 aromatic heterocycles. The molecular weight excluding hydrogens is 239 g/mol. The van der Waals surface area contributed by atoms with E-state index in [0.717, 1.165) is 0 Å². The summed E-state index contributed by atoms with van der Waals surface area (Å²) in [5.41, 5.74) is 0. The van der Waals surface area contributed by atoms with Gasteiger partial charge in [-0.3, -0.25) is 9.69 Å². The third kappa shape index (κ3) is 4.16. The highest BCUT2D eigenvalue weighted by Crippen LogP contribution is 2.31. The van der Waals surface area contributed by atoms with Crippen LogP contribution in [0.25, 0.3) is 0 Å². The molecule has 0 spiro atoms. The number of carbonyl (C=O) groups is 1. The molecule has 0 aliphatic carbocycles. The second-order valence-corrected chi connectivity index (χ2v) is 4.26. The minimum absolute atomic E-state index is 0.0543. The summed E-state index contributed by atoms with van der Waals surface area (Å²) >= 11 is 0. The Morgan fingerprint density at radius 3 is 2.71 bits per heavy atom. The molecule has 1 rings (SSSR count). The first kappa shape index (κ1) is 14.2. The van der Waals surface area contributed by atoms with E-state index in [-0.39, 0.29) is 19.0 Å². The number of methoxy groups -OCH3 is 1. The number of alkyl halides is 3. The van der Waals surface area contributed by atoms with E-state index in [4.69, 9.17) is 9.84 Å². The Morgan fingerprint density at radius 1 is 1.59 bits per heavy atom. The monoisotopic (exact) mass is 255 g/mol. The van der Waals surface area contributed by atoms with Crippen molar-refractivity contribution in [3.8, 4) is 0 Å². The number of rotatable bonds is 5. The first-order valence-corrected chi connectivity index (χ1v) is 5.36. The van der Waals surface area contributed by atoms with Gasteiger partial charge in [0.05, 0.1) is 13.0 Å². The van der Waals surface area contributed by atoms with Gasteiger partial charge in [-0.05, 0) is 18.9 Å². The summed E-state index contributed by atoms with van der Waals surface area (Å²) < 4.78 is 43.0. The highest BCUT2D eigenvalue weighted by atomic mass is 19.4. The molecule has 0 radical (unpaired) electrons. The molecule has 17 heavy (non-hydrogen) atoms. The standard InChI is InChI=1S/C10H16F3NO3/c1-17-6-7-2-3-14(5-7)8(4-9(15)16)10(11,12)13/h7-8H,2-6H2,1H3,(H,15,16). The van der Waals surface area contributed by atoms with Gasteiger partial charge in [0.15, 0.2) is 0 Å². The van der Waals surface area contributed by atoms with E-state index in [1.54, 1.807) is 0 Å². The Morgan fingerprint density at radius 2 is 2.24 bits per heavy atom. The van der Waals surface area contributed by atoms with E-state index in [1.807, 2.05) is 0 Å². The fourth-order valence-electron chi connectivity index (χ4n) is 2.13.